The van der Waals surface area contributed by atoms with Crippen LogP contribution in [0, 0.1) is 0 Å². The zero-order valence-corrected chi connectivity index (χ0v) is 14.2. The van der Waals surface area contributed by atoms with E-state index in [0.717, 1.165) is 35.2 Å². The fourth-order valence-electron chi connectivity index (χ4n) is 2.97. The Hall–Kier alpha value is -3.46. The fraction of sp³-hybridized carbons (Fsp3) is 0.222. The molecule has 0 spiro atoms. The molecule has 0 atom stereocenters. The molecular weight excluding hydrogens is 350 g/mol. The summed E-state index contributed by atoms with van der Waals surface area (Å²) >= 11 is 0. The second kappa shape index (κ2) is 7.04. The molecule has 27 heavy (non-hydrogen) atoms. The van der Waals surface area contributed by atoms with Crippen molar-refractivity contribution in [2.75, 3.05) is 0 Å². The highest BCUT2D eigenvalue weighted by atomic mass is 16.5. The van der Waals surface area contributed by atoms with Crippen LogP contribution in [0.1, 0.15) is 12.8 Å². The lowest BCUT2D eigenvalue weighted by Gasteiger charge is -2.31. The van der Waals surface area contributed by atoms with Gasteiger partial charge in [0.25, 0.3) is 6.47 Å². The van der Waals surface area contributed by atoms with Crippen LogP contribution in [0.3, 0.4) is 0 Å². The van der Waals surface area contributed by atoms with Gasteiger partial charge in [0.15, 0.2) is 11.4 Å². The van der Waals surface area contributed by atoms with Gasteiger partial charge in [-0.25, -0.2) is 9.50 Å². The highest BCUT2D eigenvalue weighted by Gasteiger charge is 2.28. The molecule has 9 heteroatoms. The molecule has 0 saturated heterocycles. The number of imidazole rings is 1. The molecule has 4 aromatic heterocycles. The lowest BCUT2D eigenvalue weighted by molar-refractivity contribution is -0.122. The Balaban J connectivity index is 0.000000565. The first-order valence-electron chi connectivity index (χ1n) is 8.36. The summed E-state index contributed by atoms with van der Waals surface area (Å²) in [7, 11) is 0. The molecule has 9 nitrogen and oxygen atoms in total. The van der Waals surface area contributed by atoms with Crippen LogP contribution in [0.15, 0.2) is 47.3 Å². The Bertz CT molecular complexity index is 1050. The van der Waals surface area contributed by atoms with Crippen molar-refractivity contribution in [2.24, 2.45) is 5.73 Å². The zero-order chi connectivity index (χ0) is 18.8. The number of fused-ring (bicyclic) bond motifs is 2. The van der Waals surface area contributed by atoms with E-state index in [0.29, 0.717) is 11.6 Å². The third kappa shape index (κ3) is 3.32. The standard InChI is InChI=1S/C17H15N5O2.CH2O2/c18-11-6-12(7-11)23-17-2-1-16-20-9-13(22(16)21-17)15-5-10-8-19-4-3-14(10)24-15;2-1-3/h1-5,8-9,11-12H,6-7,18H2;1H,(H,2,3). The number of nitrogens with zero attached hydrogens (tertiary/aromatic N) is 4. The molecule has 3 N–H and O–H groups in total. The van der Waals surface area contributed by atoms with E-state index in [1.54, 1.807) is 23.1 Å². The van der Waals surface area contributed by atoms with Gasteiger partial charge in [-0.05, 0) is 31.0 Å². The molecule has 0 amide bonds. The summed E-state index contributed by atoms with van der Waals surface area (Å²) in [6, 6.07) is 7.73. The quantitative estimate of drug-likeness (QED) is 0.527. The number of rotatable bonds is 3. The van der Waals surface area contributed by atoms with Crippen molar-refractivity contribution >= 4 is 23.1 Å². The van der Waals surface area contributed by atoms with E-state index in [1.165, 1.54) is 0 Å². The highest BCUT2D eigenvalue weighted by molar-refractivity contribution is 5.81. The Labute approximate surface area is 153 Å². The summed E-state index contributed by atoms with van der Waals surface area (Å²) in [4.78, 5) is 16.9. The molecule has 0 aromatic carbocycles. The minimum Gasteiger partial charge on any atom is -0.483 e. The molecule has 1 fully saturated rings. The average Bonchev–Trinajstić information content (AvgIpc) is 3.24. The third-order valence-corrected chi connectivity index (χ3v) is 4.33. The molecule has 0 aliphatic heterocycles. The molecule has 0 unspecified atom stereocenters. The number of pyridine rings is 1. The van der Waals surface area contributed by atoms with Gasteiger partial charge < -0.3 is 20.0 Å². The van der Waals surface area contributed by atoms with Crippen LogP contribution in [-0.4, -0.2) is 43.3 Å². The number of carbonyl (C=O) groups is 1. The van der Waals surface area contributed by atoms with Crippen LogP contribution in [0.4, 0.5) is 0 Å². The molecule has 0 radical (unpaired) electrons. The first-order chi connectivity index (χ1) is 13.2. The molecule has 4 heterocycles. The van der Waals surface area contributed by atoms with E-state index >= 15 is 0 Å². The van der Waals surface area contributed by atoms with Crippen LogP contribution in [0.2, 0.25) is 0 Å². The number of hydrogen-bond acceptors (Lipinski definition) is 7. The maximum Gasteiger partial charge on any atom is 0.290 e. The molecule has 1 saturated carbocycles. The molecule has 5 rings (SSSR count). The van der Waals surface area contributed by atoms with Crippen LogP contribution < -0.4 is 10.5 Å². The number of ether oxygens (including phenoxy) is 1. The predicted octanol–water partition coefficient (Wildman–Crippen LogP) is 2.11. The number of aromatic nitrogens is 4. The van der Waals surface area contributed by atoms with Crippen molar-refractivity contribution in [1.29, 1.82) is 0 Å². The Morgan fingerprint density at radius 2 is 2.11 bits per heavy atom. The number of hydrogen-bond donors (Lipinski definition) is 2. The van der Waals surface area contributed by atoms with Crippen molar-refractivity contribution in [3.05, 3.63) is 42.9 Å². The van der Waals surface area contributed by atoms with Crippen molar-refractivity contribution in [1.82, 2.24) is 19.6 Å². The van der Waals surface area contributed by atoms with E-state index in [4.69, 9.17) is 24.8 Å². The summed E-state index contributed by atoms with van der Waals surface area (Å²) in [6.07, 6.45) is 7.11. The van der Waals surface area contributed by atoms with Gasteiger partial charge in [-0.1, -0.05) is 0 Å². The summed E-state index contributed by atoms with van der Waals surface area (Å²) < 4.78 is 13.5. The zero-order valence-electron chi connectivity index (χ0n) is 14.2. The molecule has 4 aromatic rings. The van der Waals surface area contributed by atoms with Gasteiger partial charge in [-0.15, -0.1) is 5.10 Å². The predicted molar refractivity (Wildman–Crippen MR) is 96.3 cm³/mol. The van der Waals surface area contributed by atoms with Crippen LogP contribution >= 0.6 is 0 Å². The minimum atomic E-state index is -0.250. The fourth-order valence-corrected chi connectivity index (χ4v) is 2.97. The number of carboxylic acid groups (broad SMARTS) is 1. The van der Waals surface area contributed by atoms with E-state index in [9.17, 15) is 0 Å². The summed E-state index contributed by atoms with van der Waals surface area (Å²) in [5.41, 5.74) is 8.10. The maximum atomic E-state index is 8.36. The van der Waals surface area contributed by atoms with Crippen molar-refractivity contribution < 1.29 is 19.1 Å². The number of nitrogens with two attached hydrogens (primary N) is 1. The largest absolute Gasteiger partial charge is 0.483 e. The molecule has 1 aliphatic carbocycles. The average molecular weight is 367 g/mol. The second-order valence-corrected chi connectivity index (χ2v) is 6.19. The van der Waals surface area contributed by atoms with Crippen LogP contribution in [-0.2, 0) is 4.79 Å². The Kier molecular flexibility index (Phi) is 4.43. The van der Waals surface area contributed by atoms with Crippen molar-refractivity contribution in [3.63, 3.8) is 0 Å². The monoisotopic (exact) mass is 367 g/mol. The number of furan rings is 1. The summed E-state index contributed by atoms with van der Waals surface area (Å²) in [5, 5.41) is 12.4. The molecule has 138 valence electrons. The van der Waals surface area contributed by atoms with Crippen molar-refractivity contribution in [2.45, 2.75) is 25.0 Å². The van der Waals surface area contributed by atoms with E-state index < -0.39 is 0 Å². The smallest absolute Gasteiger partial charge is 0.290 e. The minimum absolute atomic E-state index is 0.147. The van der Waals surface area contributed by atoms with Gasteiger partial charge in [0.05, 0.1) is 6.20 Å². The Morgan fingerprint density at radius 1 is 1.30 bits per heavy atom. The van der Waals surface area contributed by atoms with Gasteiger partial charge in [0, 0.05) is 29.9 Å². The van der Waals surface area contributed by atoms with Crippen molar-refractivity contribution in [3.8, 4) is 17.3 Å². The third-order valence-electron chi connectivity index (χ3n) is 4.33. The molecule has 1 aliphatic rings. The van der Waals surface area contributed by atoms with Gasteiger partial charge >= 0.3 is 0 Å². The summed E-state index contributed by atoms with van der Waals surface area (Å²) in [6.45, 7) is -0.250. The van der Waals surface area contributed by atoms with Crippen LogP contribution in [0.5, 0.6) is 5.88 Å². The maximum absolute atomic E-state index is 8.36. The van der Waals surface area contributed by atoms with Gasteiger partial charge in [-0.2, -0.15) is 0 Å². The topological polar surface area (TPSA) is 129 Å². The first-order valence-corrected chi connectivity index (χ1v) is 8.36. The van der Waals surface area contributed by atoms with Gasteiger partial charge in [-0.3, -0.25) is 9.78 Å². The van der Waals surface area contributed by atoms with E-state index in [-0.39, 0.29) is 18.6 Å². The lowest BCUT2D eigenvalue weighted by Crippen LogP contribution is -2.43. The summed E-state index contributed by atoms with van der Waals surface area (Å²) in [5.74, 6) is 1.26. The van der Waals surface area contributed by atoms with Gasteiger partial charge in [0.1, 0.15) is 17.4 Å². The highest BCUT2D eigenvalue weighted by Crippen LogP contribution is 2.28. The van der Waals surface area contributed by atoms with E-state index in [1.807, 2.05) is 24.3 Å². The normalized spacial score (nSPS) is 18.6. The van der Waals surface area contributed by atoms with E-state index in [2.05, 4.69) is 15.1 Å². The first kappa shape index (κ1) is 17.0. The molecular formula is C18H17N5O4. The van der Waals surface area contributed by atoms with Gasteiger partial charge in [0.2, 0.25) is 5.88 Å². The second-order valence-electron chi connectivity index (χ2n) is 6.19. The molecule has 0 bridgehead atoms. The lowest BCUT2D eigenvalue weighted by atomic mass is 9.90. The SMILES string of the molecule is NC1CC(Oc2ccc3ncc(-c4cc5cnccc5o4)n3n2)C1.O=CO. The Morgan fingerprint density at radius 3 is 2.85 bits per heavy atom. The van der Waals surface area contributed by atoms with Crippen LogP contribution in [0.25, 0.3) is 28.1 Å².